The van der Waals surface area contributed by atoms with E-state index in [-0.39, 0.29) is 12.1 Å². The molecule has 0 N–H and O–H groups in total. The smallest absolute Gasteiger partial charge is 0.310 e. The van der Waals surface area contributed by atoms with Gasteiger partial charge in [0.15, 0.2) is 0 Å². The van der Waals surface area contributed by atoms with Crippen LogP contribution in [-0.4, -0.2) is 18.4 Å². The number of esters is 1. The first-order chi connectivity index (χ1) is 4.33. The number of aldehydes is 1. The van der Waals surface area contributed by atoms with Gasteiger partial charge in [0.2, 0.25) is 0 Å². The van der Waals surface area contributed by atoms with E-state index in [9.17, 15) is 9.59 Å². The molecular weight excluding hydrogens is 120 g/mol. The van der Waals surface area contributed by atoms with E-state index in [0.717, 1.165) is 0 Å². The lowest BCUT2D eigenvalue weighted by Gasteiger charge is -2.21. The number of rotatable bonds is 2. The van der Waals surface area contributed by atoms with Crippen molar-refractivity contribution in [2.24, 2.45) is 0 Å². The minimum absolute atomic E-state index is 0.150. The monoisotopic (exact) mass is 126 g/mol. The van der Waals surface area contributed by atoms with Crippen molar-refractivity contribution in [3.63, 3.8) is 0 Å². The van der Waals surface area contributed by atoms with E-state index in [0.29, 0.717) is 12.7 Å². The van der Waals surface area contributed by atoms with Gasteiger partial charge in [0, 0.05) is 0 Å². The van der Waals surface area contributed by atoms with Crippen molar-refractivity contribution in [3.8, 4) is 0 Å². The molecule has 0 aromatic rings. The second-order valence-corrected chi connectivity index (χ2v) is 1.75. The quantitative estimate of drug-likeness (QED) is 0.298. The van der Waals surface area contributed by atoms with Crippen LogP contribution in [0.4, 0.5) is 0 Å². The lowest BCUT2D eigenvalue weighted by molar-refractivity contribution is -0.164. The van der Waals surface area contributed by atoms with Crippen LogP contribution in [0.3, 0.4) is 0 Å². The molecule has 9 heavy (non-hydrogen) atoms. The van der Waals surface area contributed by atoms with E-state index in [2.05, 4.69) is 4.74 Å². The van der Waals surface area contributed by atoms with E-state index in [4.69, 9.17) is 0 Å². The van der Waals surface area contributed by atoms with E-state index < -0.39 is 0 Å². The number of carbonyl (C=O) groups excluding carboxylic acids is 2. The number of cyclic esters (lactones) is 1. The summed E-state index contributed by atoms with van der Waals surface area (Å²) < 4.78 is 4.56. The van der Waals surface area contributed by atoms with Gasteiger partial charge in [-0.1, -0.05) is 0 Å². The van der Waals surface area contributed by atoms with Crippen molar-refractivity contribution >= 4 is 12.3 Å². The van der Waals surface area contributed by atoms with Crippen LogP contribution in [0, 0.1) is 0 Å². The van der Waals surface area contributed by atoms with Gasteiger partial charge in [-0.2, -0.15) is 0 Å². The molecule has 1 atom stereocenters. The molecule has 1 saturated heterocycles. The second-order valence-electron chi connectivity index (χ2n) is 1.75. The number of carbonyl (C=O) groups is 2. The van der Waals surface area contributed by atoms with Crippen molar-refractivity contribution in [3.05, 3.63) is 12.2 Å². The van der Waals surface area contributed by atoms with Gasteiger partial charge in [0.25, 0.3) is 0 Å². The van der Waals surface area contributed by atoms with Gasteiger partial charge < -0.3 is 4.74 Å². The topological polar surface area (TPSA) is 43.4 Å². The molecule has 1 fully saturated rings. The van der Waals surface area contributed by atoms with Crippen LogP contribution in [0.25, 0.3) is 0 Å². The van der Waals surface area contributed by atoms with Gasteiger partial charge in [-0.3, -0.25) is 9.59 Å². The first-order valence-corrected chi connectivity index (χ1v) is 2.64. The van der Waals surface area contributed by atoms with Crippen molar-refractivity contribution in [1.82, 2.24) is 0 Å². The van der Waals surface area contributed by atoms with E-state index in [1.807, 2.05) is 0 Å². The van der Waals surface area contributed by atoms with E-state index >= 15 is 0 Å². The summed E-state index contributed by atoms with van der Waals surface area (Å²) in [5.41, 5.74) is 0. The molecule has 0 amide bonds. The molecule has 0 aliphatic carbocycles. The molecule has 3 heteroatoms. The number of ether oxygens (including phenoxy) is 1. The molecule has 0 aromatic heterocycles. The highest BCUT2D eigenvalue weighted by molar-refractivity contribution is 5.76. The first kappa shape index (κ1) is 6.01. The largest absolute Gasteiger partial charge is 0.457 e. The standard InChI is InChI=1S/C6H6O3/c7-3-1-2-5-4-6(8)9-5/h1-3,5H,4H2/b2-1+. The summed E-state index contributed by atoms with van der Waals surface area (Å²) in [4.78, 5) is 19.8. The van der Waals surface area contributed by atoms with Crippen LogP contribution in [0.2, 0.25) is 0 Å². The summed E-state index contributed by atoms with van der Waals surface area (Å²) in [6, 6.07) is 0. The SMILES string of the molecule is O=C/C=C/C1CC(=O)O1. The summed E-state index contributed by atoms with van der Waals surface area (Å²) in [5, 5.41) is 0. The molecule has 0 aromatic carbocycles. The van der Waals surface area contributed by atoms with Gasteiger partial charge in [-0.25, -0.2) is 0 Å². The zero-order valence-corrected chi connectivity index (χ0v) is 4.74. The van der Waals surface area contributed by atoms with Gasteiger partial charge in [0.05, 0.1) is 6.42 Å². The van der Waals surface area contributed by atoms with Gasteiger partial charge >= 0.3 is 5.97 Å². The Morgan fingerprint density at radius 1 is 1.67 bits per heavy atom. The zero-order chi connectivity index (χ0) is 6.69. The average Bonchev–Trinajstić information content (AvgIpc) is 1.78. The highest BCUT2D eigenvalue weighted by atomic mass is 16.6. The van der Waals surface area contributed by atoms with Crippen LogP contribution < -0.4 is 0 Å². The number of hydrogen-bond donors (Lipinski definition) is 0. The maximum absolute atomic E-state index is 10.1. The lowest BCUT2D eigenvalue weighted by atomic mass is 10.2. The first-order valence-electron chi connectivity index (χ1n) is 2.64. The molecule has 3 nitrogen and oxygen atoms in total. The summed E-state index contributed by atoms with van der Waals surface area (Å²) in [7, 11) is 0. The molecule has 0 spiro atoms. The third-order valence-corrected chi connectivity index (χ3v) is 1.06. The highest BCUT2D eigenvalue weighted by Gasteiger charge is 2.24. The Hall–Kier alpha value is -1.12. The van der Waals surface area contributed by atoms with Crippen molar-refractivity contribution in [2.75, 3.05) is 0 Å². The van der Waals surface area contributed by atoms with Crippen LogP contribution >= 0.6 is 0 Å². The molecule has 0 bridgehead atoms. The fourth-order valence-corrected chi connectivity index (χ4v) is 0.600. The molecule has 1 aliphatic heterocycles. The highest BCUT2D eigenvalue weighted by Crippen LogP contribution is 2.13. The van der Waals surface area contributed by atoms with Gasteiger partial charge in [0.1, 0.15) is 12.4 Å². The maximum Gasteiger partial charge on any atom is 0.310 e. The molecule has 0 saturated carbocycles. The maximum atomic E-state index is 10.1. The summed E-state index contributed by atoms with van der Waals surface area (Å²) in [6.07, 6.45) is 3.81. The zero-order valence-electron chi connectivity index (χ0n) is 4.74. The van der Waals surface area contributed by atoms with Crippen LogP contribution in [0.5, 0.6) is 0 Å². The summed E-state index contributed by atoms with van der Waals surface area (Å²) in [5.74, 6) is -0.199. The fourth-order valence-electron chi connectivity index (χ4n) is 0.600. The Morgan fingerprint density at radius 3 is 2.78 bits per heavy atom. The second kappa shape index (κ2) is 2.44. The fraction of sp³-hybridized carbons (Fsp3) is 0.333. The number of allylic oxidation sites excluding steroid dienone is 1. The Kier molecular flexibility index (Phi) is 1.63. The van der Waals surface area contributed by atoms with Crippen LogP contribution in [0.15, 0.2) is 12.2 Å². The van der Waals surface area contributed by atoms with Crippen LogP contribution in [-0.2, 0) is 14.3 Å². The Morgan fingerprint density at radius 2 is 2.33 bits per heavy atom. The third kappa shape index (κ3) is 1.38. The molecule has 1 unspecified atom stereocenters. The van der Waals surface area contributed by atoms with E-state index in [1.165, 1.54) is 6.08 Å². The minimum atomic E-state index is -0.199. The lowest BCUT2D eigenvalue weighted by Crippen LogP contribution is -2.30. The average molecular weight is 126 g/mol. The predicted molar refractivity (Wildman–Crippen MR) is 29.7 cm³/mol. The Balaban J connectivity index is 2.24. The normalized spacial score (nSPS) is 25.3. The molecule has 1 rings (SSSR count). The van der Waals surface area contributed by atoms with Crippen LogP contribution in [0.1, 0.15) is 6.42 Å². The molecule has 48 valence electrons. The third-order valence-electron chi connectivity index (χ3n) is 1.06. The Labute approximate surface area is 52.3 Å². The molecule has 0 radical (unpaired) electrons. The summed E-state index contributed by atoms with van der Waals surface area (Å²) >= 11 is 0. The number of hydrogen-bond acceptors (Lipinski definition) is 3. The van der Waals surface area contributed by atoms with Gasteiger partial charge in [-0.05, 0) is 12.2 Å². The molecule has 1 heterocycles. The molecule has 1 aliphatic rings. The minimum Gasteiger partial charge on any atom is -0.457 e. The van der Waals surface area contributed by atoms with Crippen molar-refractivity contribution in [1.29, 1.82) is 0 Å². The Bertz CT molecular complexity index is 152. The van der Waals surface area contributed by atoms with Crippen molar-refractivity contribution in [2.45, 2.75) is 12.5 Å². The van der Waals surface area contributed by atoms with E-state index in [1.54, 1.807) is 6.08 Å². The van der Waals surface area contributed by atoms with Crippen molar-refractivity contribution < 1.29 is 14.3 Å². The molecular formula is C6H6O3. The predicted octanol–water partition coefficient (Wildman–Crippen LogP) is 0.0570. The van der Waals surface area contributed by atoms with Gasteiger partial charge in [-0.15, -0.1) is 0 Å². The summed E-state index contributed by atoms with van der Waals surface area (Å²) in [6.45, 7) is 0.